The lowest BCUT2D eigenvalue weighted by Gasteiger charge is -2.31. The van der Waals surface area contributed by atoms with Crippen LogP contribution in [0.3, 0.4) is 0 Å². The summed E-state index contributed by atoms with van der Waals surface area (Å²) in [5, 5.41) is 13.0. The van der Waals surface area contributed by atoms with Crippen molar-refractivity contribution < 1.29 is 5.11 Å². The van der Waals surface area contributed by atoms with Crippen molar-refractivity contribution in [3.63, 3.8) is 0 Å². The Hall–Kier alpha value is -0.860. The minimum atomic E-state index is -0.128. The van der Waals surface area contributed by atoms with Crippen LogP contribution in [0.25, 0.3) is 0 Å². The fraction of sp³-hybridized carbons (Fsp3) is 0.600. The van der Waals surface area contributed by atoms with E-state index in [1.165, 1.54) is 16.7 Å². The van der Waals surface area contributed by atoms with Gasteiger partial charge in [-0.25, -0.2) is 0 Å². The van der Waals surface area contributed by atoms with E-state index < -0.39 is 0 Å². The predicted molar refractivity (Wildman–Crippen MR) is 73.2 cm³/mol. The zero-order valence-corrected chi connectivity index (χ0v) is 11.5. The molecule has 0 saturated heterocycles. The monoisotopic (exact) mass is 235 g/mol. The van der Waals surface area contributed by atoms with Crippen LogP contribution in [0.1, 0.15) is 43.4 Å². The standard InChI is InChI=1S/C15H25NO/c1-5-15(6-2,11-17)16-10-14-8-7-12(3)9-13(14)4/h7-9,16-17H,5-6,10-11H2,1-4H3. The predicted octanol–water partition coefficient (Wildman–Crippen LogP) is 2.94. The van der Waals surface area contributed by atoms with Crippen molar-refractivity contribution in [2.24, 2.45) is 0 Å². The molecule has 0 spiro atoms. The van der Waals surface area contributed by atoms with Gasteiger partial charge in [-0.1, -0.05) is 37.6 Å². The largest absolute Gasteiger partial charge is 0.394 e. The molecule has 1 aromatic carbocycles. The van der Waals surface area contributed by atoms with Crippen LogP contribution in [-0.2, 0) is 6.54 Å². The smallest absolute Gasteiger partial charge is 0.0613 e. The molecule has 0 bridgehead atoms. The summed E-state index contributed by atoms with van der Waals surface area (Å²) in [4.78, 5) is 0. The molecule has 0 saturated carbocycles. The minimum Gasteiger partial charge on any atom is -0.394 e. The van der Waals surface area contributed by atoms with Crippen molar-refractivity contribution in [3.8, 4) is 0 Å². The Balaban J connectivity index is 2.72. The first-order valence-corrected chi connectivity index (χ1v) is 6.49. The van der Waals surface area contributed by atoms with E-state index in [2.05, 4.69) is 51.2 Å². The Morgan fingerprint density at radius 3 is 2.29 bits per heavy atom. The third-order valence-electron chi connectivity index (χ3n) is 3.81. The van der Waals surface area contributed by atoms with Crippen LogP contribution in [0.15, 0.2) is 18.2 Å². The lowest BCUT2D eigenvalue weighted by Crippen LogP contribution is -2.47. The van der Waals surface area contributed by atoms with Gasteiger partial charge < -0.3 is 10.4 Å². The minimum absolute atomic E-state index is 0.128. The Bertz CT molecular complexity index is 348. The van der Waals surface area contributed by atoms with Gasteiger partial charge in [-0.2, -0.15) is 0 Å². The van der Waals surface area contributed by atoms with Crippen LogP contribution in [-0.4, -0.2) is 17.3 Å². The fourth-order valence-electron chi connectivity index (χ4n) is 2.11. The van der Waals surface area contributed by atoms with Gasteiger partial charge in [-0.15, -0.1) is 0 Å². The molecule has 2 heteroatoms. The summed E-state index contributed by atoms with van der Waals surface area (Å²) in [5.41, 5.74) is 3.80. The zero-order chi connectivity index (χ0) is 12.9. The fourth-order valence-corrected chi connectivity index (χ4v) is 2.11. The van der Waals surface area contributed by atoms with Gasteiger partial charge in [0.1, 0.15) is 0 Å². The molecule has 0 aliphatic carbocycles. The summed E-state index contributed by atoms with van der Waals surface area (Å²) in [7, 11) is 0. The normalized spacial score (nSPS) is 11.8. The second kappa shape index (κ2) is 6.18. The van der Waals surface area contributed by atoms with E-state index in [0.29, 0.717) is 0 Å². The van der Waals surface area contributed by atoms with E-state index in [0.717, 1.165) is 19.4 Å². The summed E-state index contributed by atoms with van der Waals surface area (Å²) in [5.74, 6) is 0. The van der Waals surface area contributed by atoms with Gasteiger partial charge in [0.2, 0.25) is 0 Å². The highest BCUT2D eigenvalue weighted by atomic mass is 16.3. The third kappa shape index (κ3) is 3.55. The van der Waals surface area contributed by atoms with Crippen molar-refractivity contribution in [1.29, 1.82) is 0 Å². The number of hydrogen-bond acceptors (Lipinski definition) is 2. The van der Waals surface area contributed by atoms with E-state index in [9.17, 15) is 5.11 Å². The van der Waals surface area contributed by atoms with Crippen LogP contribution in [0.4, 0.5) is 0 Å². The Morgan fingerprint density at radius 1 is 1.18 bits per heavy atom. The summed E-state index contributed by atoms with van der Waals surface area (Å²) in [6.07, 6.45) is 1.90. The van der Waals surface area contributed by atoms with Crippen molar-refractivity contribution in [3.05, 3.63) is 34.9 Å². The van der Waals surface area contributed by atoms with Gasteiger partial charge in [0.15, 0.2) is 0 Å². The number of hydrogen-bond donors (Lipinski definition) is 2. The maximum absolute atomic E-state index is 9.51. The van der Waals surface area contributed by atoms with Crippen LogP contribution in [0.5, 0.6) is 0 Å². The molecule has 96 valence electrons. The van der Waals surface area contributed by atoms with Crippen LogP contribution < -0.4 is 5.32 Å². The first-order chi connectivity index (χ1) is 8.06. The van der Waals surface area contributed by atoms with Crippen molar-refractivity contribution in [2.45, 2.75) is 52.6 Å². The number of rotatable bonds is 6. The molecule has 0 radical (unpaired) electrons. The van der Waals surface area contributed by atoms with Crippen LogP contribution >= 0.6 is 0 Å². The third-order valence-corrected chi connectivity index (χ3v) is 3.81. The average molecular weight is 235 g/mol. The molecule has 0 amide bonds. The van der Waals surface area contributed by atoms with Crippen molar-refractivity contribution in [2.75, 3.05) is 6.61 Å². The molecule has 0 unspecified atom stereocenters. The average Bonchev–Trinajstić information content (AvgIpc) is 2.33. The number of aliphatic hydroxyl groups is 1. The van der Waals surface area contributed by atoms with Gasteiger partial charge in [-0.05, 0) is 37.8 Å². The zero-order valence-electron chi connectivity index (χ0n) is 11.5. The molecule has 1 aromatic rings. The molecule has 2 nitrogen and oxygen atoms in total. The highest BCUT2D eigenvalue weighted by molar-refractivity contribution is 5.30. The quantitative estimate of drug-likeness (QED) is 0.794. The lowest BCUT2D eigenvalue weighted by atomic mass is 9.93. The second-order valence-corrected chi connectivity index (χ2v) is 4.93. The lowest BCUT2D eigenvalue weighted by molar-refractivity contribution is 0.149. The van der Waals surface area contributed by atoms with Gasteiger partial charge in [-0.3, -0.25) is 0 Å². The number of nitrogens with one attached hydrogen (secondary N) is 1. The molecule has 0 aromatic heterocycles. The Morgan fingerprint density at radius 2 is 1.82 bits per heavy atom. The van der Waals surface area contributed by atoms with E-state index >= 15 is 0 Å². The van der Waals surface area contributed by atoms with E-state index in [1.807, 2.05) is 0 Å². The molecule has 17 heavy (non-hydrogen) atoms. The van der Waals surface area contributed by atoms with Crippen molar-refractivity contribution in [1.82, 2.24) is 5.32 Å². The summed E-state index contributed by atoms with van der Waals surface area (Å²) >= 11 is 0. The highest BCUT2D eigenvalue weighted by Crippen LogP contribution is 2.17. The number of aryl methyl sites for hydroxylation is 2. The molecule has 1 rings (SSSR count). The molecule has 0 aliphatic heterocycles. The SMILES string of the molecule is CCC(CC)(CO)NCc1ccc(C)cc1C. The van der Waals surface area contributed by atoms with Crippen LogP contribution in [0, 0.1) is 13.8 Å². The number of benzene rings is 1. The maximum atomic E-state index is 9.51. The molecular weight excluding hydrogens is 210 g/mol. The summed E-state index contributed by atoms with van der Waals surface area (Å²) in [6.45, 7) is 9.52. The van der Waals surface area contributed by atoms with Gasteiger partial charge in [0.25, 0.3) is 0 Å². The molecular formula is C15H25NO. The first-order valence-electron chi connectivity index (χ1n) is 6.49. The van der Waals surface area contributed by atoms with Gasteiger partial charge in [0.05, 0.1) is 6.61 Å². The molecule has 2 N–H and O–H groups in total. The van der Waals surface area contributed by atoms with Crippen LogP contribution in [0.2, 0.25) is 0 Å². The topological polar surface area (TPSA) is 32.3 Å². The highest BCUT2D eigenvalue weighted by Gasteiger charge is 2.24. The first kappa shape index (κ1) is 14.2. The molecule has 0 aliphatic rings. The Labute approximate surface area is 105 Å². The Kier molecular flexibility index (Phi) is 5.16. The summed E-state index contributed by atoms with van der Waals surface area (Å²) < 4.78 is 0. The van der Waals surface area contributed by atoms with Crippen molar-refractivity contribution >= 4 is 0 Å². The maximum Gasteiger partial charge on any atom is 0.0613 e. The second-order valence-electron chi connectivity index (χ2n) is 4.93. The summed E-state index contributed by atoms with van der Waals surface area (Å²) in [6, 6.07) is 6.52. The van der Waals surface area contributed by atoms with Gasteiger partial charge >= 0.3 is 0 Å². The van der Waals surface area contributed by atoms with E-state index in [1.54, 1.807) is 0 Å². The molecule has 0 fully saturated rings. The van der Waals surface area contributed by atoms with Gasteiger partial charge in [0, 0.05) is 12.1 Å². The molecule has 0 atom stereocenters. The number of aliphatic hydroxyl groups excluding tert-OH is 1. The van der Waals surface area contributed by atoms with E-state index in [-0.39, 0.29) is 12.1 Å². The van der Waals surface area contributed by atoms with E-state index in [4.69, 9.17) is 0 Å². The molecule has 0 heterocycles.